The Morgan fingerprint density at radius 2 is 1.67 bits per heavy atom. The van der Waals surface area contributed by atoms with E-state index in [9.17, 15) is 4.79 Å². The van der Waals surface area contributed by atoms with Gasteiger partial charge in [-0.3, -0.25) is 4.98 Å². The van der Waals surface area contributed by atoms with E-state index in [2.05, 4.69) is 58.0 Å². The molecule has 2 fully saturated rings. The Labute approximate surface area is 279 Å². The maximum absolute atomic E-state index is 16.3. The number of halogens is 1. The minimum Gasteiger partial charge on any atom is -0.444 e. The maximum Gasteiger partial charge on any atom is 0.410 e. The Balaban J connectivity index is 1.48. The molecule has 0 spiro atoms. The van der Waals surface area contributed by atoms with Gasteiger partial charge in [0.25, 0.3) is 0 Å². The van der Waals surface area contributed by atoms with Gasteiger partial charge in [0.2, 0.25) is 0 Å². The lowest BCUT2D eigenvalue weighted by Crippen LogP contribution is -2.64. The number of carbonyl (C=O) groups is 1. The summed E-state index contributed by atoms with van der Waals surface area (Å²) in [5.41, 5.74) is 13.3. The molecule has 2 aliphatic heterocycles. The van der Waals surface area contributed by atoms with E-state index in [4.69, 9.17) is 22.7 Å². The summed E-state index contributed by atoms with van der Waals surface area (Å²) in [6.45, 7) is 20.5. The van der Waals surface area contributed by atoms with Crippen molar-refractivity contribution in [2.24, 2.45) is 0 Å². The number of hydrogen-bond donors (Lipinski definition) is 1. The number of likely N-dealkylation sites (tertiary alicyclic amines) is 2. The number of fused-ring (bicyclic) bond motifs is 2. The molecule has 5 rings (SSSR count). The first-order chi connectivity index (χ1) is 21.6. The van der Waals surface area contributed by atoms with E-state index in [-0.39, 0.29) is 29.6 Å². The van der Waals surface area contributed by atoms with E-state index in [0.717, 1.165) is 22.8 Å². The van der Waals surface area contributed by atoms with Gasteiger partial charge in [-0.15, -0.1) is 5.54 Å². The molecule has 2 atom stereocenters. The van der Waals surface area contributed by atoms with Gasteiger partial charge in [0.05, 0.1) is 23.3 Å². The molecule has 0 unspecified atom stereocenters. The molecule has 46 heavy (non-hydrogen) atoms. The molecule has 6 nitrogen and oxygen atoms in total. The molecule has 1 amide bonds. The minimum absolute atomic E-state index is 0.00482. The molecule has 3 heterocycles. The van der Waals surface area contributed by atoms with Gasteiger partial charge in [-0.1, -0.05) is 90.0 Å². The van der Waals surface area contributed by atoms with Gasteiger partial charge in [0, 0.05) is 35.8 Å². The molecular weight excluding hydrogens is 612 g/mol. The molecule has 0 bridgehead atoms. The van der Waals surface area contributed by atoms with Crippen molar-refractivity contribution in [1.29, 1.82) is 0 Å². The van der Waals surface area contributed by atoms with Crippen LogP contribution >= 0.6 is 12.2 Å². The van der Waals surface area contributed by atoms with Crippen molar-refractivity contribution in [3.05, 3.63) is 59.5 Å². The van der Waals surface area contributed by atoms with Crippen LogP contribution in [0.15, 0.2) is 42.6 Å². The summed E-state index contributed by atoms with van der Waals surface area (Å²) in [5, 5.41) is 1.84. The largest absolute Gasteiger partial charge is 0.444 e. The van der Waals surface area contributed by atoms with Gasteiger partial charge in [0.1, 0.15) is 24.4 Å². The molecule has 0 saturated carbocycles. The van der Waals surface area contributed by atoms with Crippen LogP contribution < -0.4 is 5.73 Å². The Kier molecular flexibility index (Phi) is 9.28. The van der Waals surface area contributed by atoms with Gasteiger partial charge in [-0.05, 0) is 55.3 Å². The standard InChI is InChI=1S/C37H47FN4O2SSi/c1-22(2)46(23(3)4,24(5)6)19-17-26-13-10-12-25-14-11-15-27(31(25)26)34-32(38)33(39)28(20-40-34)35(45)42-21-30-29(42)16-18-41(30)36(43)44-37(7,8)9/h10-15,20,22-24,29-30H,16,18,21H2,1-9H3,(H2,39,40)/t29-,30-/m1/s1. The highest BCUT2D eigenvalue weighted by Gasteiger charge is 2.51. The number of rotatable bonds is 5. The third kappa shape index (κ3) is 5.90. The number of thiocarbonyl (C=S) groups is 1. The highest BCUT2D eigenvalue weighted by molar-refractivity contribution is 7.80. The molecule has 0 radical (unpaired) electrons. The van der Waals surface area contributed by atoms with Crippen LogP contribution in [0.4, 0.5) is 14.9 Å². The Morgan fingerprint density at radius 3 is 2.28 bits per heavy atom. The van der Waals surface area contributed by atoms with Gasteiger partial charge in [-0.2, -0.15) is 0 Å². The van der Waals surface area contributed by atoms with Gasteiger partial charge in [0.15, 0.2) is 5.82 Å². The number of nitrogens with two attached hydrogens (primary N) is 1. The SMILES string of the molecule is CC(C)[Si](C#Cc1cccc2cccc(-c3ncc(C(=S)N4C[C@@H]5[C@H]4CCN5C(=O)OC(C)(C)C)c(N)c3F)c12)(C(C)C)C(C)C. The number of pyridine rings is 1. The lowest BCUT2D eigenvalue weighted by molar-refractivity contribution is 0.00639. The topological polar surface area (TPSA) is 71.7 Å². The normalized spacial score (nSPS) is 18.1. The number of anilines is 1. The third-order valence-corrected chi connectivity index (χ3v) is 16.7. The summed E-state index contributed by atoms with van der Waals surface area (Å²) in [7, 11) is -1.99. The van der Waals surface area contributed by atoms with Gasteiger partial charge < -0.3 is 20.3 Å². The van der Waals surface area contributed by atoms with E-state index in [1.165, 1.54) is 0 Å². The van der Waals surface area contributed by atoms with Gasteiger partial charge >= 0.3 is 6.09 Å². The van der Waals surface area contributed by atoms with Crippen molar-refractivity contribution in [1.82, 2.24) is 14.8 Å². The number of hydrogen-bond acceptors (Lipinski definition) is 5. The van der Waals surface area contributed by atoms with Crippen LogP contribution in [-0.2, 0) is 4.74 Å². The predicted octanol–water partition coefficient (Wildman–Crippen LogP) is 8.56. The van der Waals surface area contributed by atoms with Crippen molar-refractivity contribution in [3.8, 4) is 22.7 Å². The van der Waals surface area contributed by atoms with E-state index in [1.807, 2.05) is 62.1 Å². The number of carbonyl (C=O) groups excluding carboxylic acids is 1. The second-order valence-electron chi connectivity index (χ2n) is 14.7. The van der Waals surface area contributed by atoms with Crippen molar-refractivity contribution >= 4 is 47.8 Å². The van der Waals surface area contributed by atoms with Crippen LogP contribution in [0.5, 0.6) is 0 Å². The fraction of sp³-hybridized carbons (Fsp3) is 0.486. The molecular formula is C37H47FN4O2SSi. The first-order valence-electron chi connectivity index (χ1n) is 16.4. The summed E-state index contributed by atoms with van der Waals surface area (Å²) in [5.74, 6) is 2.99. The highest BCUT2D eigenvalue weighted by Crippen LogP contribution is 2.42. The quantitative estimate of drug-likeness (QED) is 0.168. The predicted molar refractivity (Wildman–Crippen MR) is 193 cm³/mol. The second kappa shape index (κ2) is 12.6. The van der Waals surface area contributed by atoms with Crippen LogP contribution in [0.2, 0.25) is 16.6 Å². The summed E-state index contributed by atoms with van der Waals surface area (Å²) < 4.78 is 21.9. The molecule has 244 valence electrons. The maximum atomic E-state index is 16.3. The van der Waals surface area contributed by atoms with Gasteiger partial charge in [-0.25, -0.2) is 9.18 Å². The summed E-state index contributed by atoms with van der Waals surface area (Å²) in [6.07, 6.45) is 2.03. The Morgan fingerprint density at radius 1 is 1.04 bits per heavy atom. The van der Waals surface area contributed by atoms with E-state index >= 15 is 4.39 Å². The first kappa shape index (κ1) is 33.9. The van der Waals surface area contributed by atoms with Crippen LogP contribution in [0.3, 0.4) is 0 Å². The van der Waals surface area contributed by atoms with Crippen LogP contribution in [-0.4, -0.2) is 64.7 Å². The van der Waals surface area contributed by atoms with Crippen molar-refractivity contribution in [3.63, 3.8) is 0 Å². The number of aromatic nitrogens is 1. The average Bonchev–Trinajstić information content (AvgIpc) is 3.28. The highest BCUT2D eigenvalue weighted by atomic mass is 32.1. The minimum atomic E-state index is -1.99. The molecule has 2 aliphatic rings. The smallest absolute Gasteiger partial charge is 0.410 e. The van der Waals surface area contributed by atoms with Crippen molar-refractivity contribution < 1.29 is 13.9 Å². The Hall–Kier alpha value is -3.48. The first-order valence-corrected chi connectivity index (χ1v) is 19.0. The number of ether oxygens (including phenoxy) is 1. The zero-order chi connectivity index (χ0) is 33.7. The van der Waals surface area contributed by atoms with Crippen LogP contribution in [0.25, 0.3) is 22.0 Å². The van der Waals surface area contributed by atoms with E-state index in [1.54, 1.807) is 11.1 Å². The molecule has 0 aliphatic carbocycles. The van der Waals surface area contributed by atoms with Crippen LogP contribution in [0, 0.1) is 17.3 Å². The Bertz CT molecular complexity index is 1710. The molecule has 2 aromatic carbocycles. The zero-order valence-electron chi connectivity index (χ0n) is 28.6. The summed E-state index contributed by atoms with van der Waals surface area (Å²) in [6, 6.07) is 11.9. The van der Waals surface area contributed by atoms with Crippen LogP contribution in [0.1, 0.15) is 79.9 Å². The monoisotopic (exact) mass is 658 g/mol. The lowest BCUT2D eigenvalue weighted by Gasteiger charge is -2.48. The molecule has 9 heteroatoms. The van der Waals surface area contributed by atoms with Crippen molar-refractivity contribution in [2.75, 3.05) is 18.8 Å². The van der Waals surface area contributed by atoms with Crippen molar-refractivity contribution in [2.45, 2.75) is 103 Å². The lowest BCUT2D eigenvalue weighted by atomic mass is 9.95. The molecule has 2 N–H and O–H groups in total. The average molecular weight is 659 g/mol. The molecule has 3 aromatic rings. The fourth-order valence-corrected chi connectivity index (χ4v) is 13.3. The fourth-order valence-electron chi connectivity index (χ4n) is 7.67. The summed E-state index contributed by atoms with van der Waals surface area (Å²) >= 11 is 5.84. The van der Waals surface area contributed by atoms with E-state index < -0.39 is 19.5 Å². The number of nitrogen functional groups attached to an aromatic ring is 1. The molecule has 1 aromatic heterocycles. The third-order valence-electron chi connectivity index (χ3n) is 9.91. The second-order valence-corrected chi connectivity index (χ2v) is 20.6. The number of amides is 1. The zero-order valence-corrected chi connectivity index (χ0v) is 30.4. The number of nitrogens with zero attached hydrogens (tertiary/aromatic N) is 3. The molecule has 2 saturated heterocycles. The summed E-state index contributed by atoms with van der Waals surface area (Å²) in [4.78, 5) is 21.6. The number of benzene rings is 2. The van der Waals surface area contributed by atoms with E-state index in [0.29, 0.717) is 45.8 Å².